The van der Waals surface area contributed by atoms with E-state index in [4.69, 9.17) is 15.2 Å². The Balaban J connectivity index is 1.84. The van der Waals surface area contributed by atoms with Crippen molar-refractivity contribution in [3.63, 3.8) is 0 Å². The maximum Gasteiger partial charge on any atom is 0.154 e. The molecule has 0 radical (unpaired) electrons. The summed E-state index contributed by atoms with van der Waals surface area (Å²) in [6, 6.07) is 13.8. The lowest BCUT2D eigenvalue weighted by atomic mass is 10.0. The lowest BCUT2D eigenvalue weighted by Gasteiger charge is -2.16. The molecule has 8 nitrogen and oxygen atoms in total. The summed E-state index contributed by atoms with van der Waals surface area (Å²) < 4.78 is 27.0. The van der Waals surface area contributed by atoms with Crippen molar-refractivity contribution < 1.29 is 19.0 Å². The van der Waals surface area contributed by atoms with Crippen LogP contribution in [0.3, 0.4) is 0 Å². The summed E-state index contributed by atoms with van der Waals surface area (Å²) in [5.41, 5.74) is 9.27. The van der Waals surface area contributed by atoms with Gasteiger partial charge in [0.15, 0.2) is 5.82 Å². The van der Waals surface area contributed by atoms with E-state index >= 15 is 0 Å². The third-order valence-electron chi connectivity index (χ3n) is 5.55. The topological polar surface area (TPSA) is 108 Å². The number of alkyl halides is 1. The van der Waals surface area contributed by atoms with E-state index < -0.39 is 12.2 Å². The molecular formula is C25H28FN5O3. The van der Waals surface area contributed by atoms with Gasteiger partial charge in [-0.1, -0.05) is 19.1 Å². The van der Waals surface area contributed by atoms with Crippen molar-refractivity contribution >= 4 is 10.9 Å². The first kappa shape index (κ1) is 23.7. The largest absolute Gasteiger partial charge is 0.490 e. The third kappa shape index (κ3) is 4.91. The van der Waals surface area contributed by atoms with Gasteiger partial charge in [0.25, 0.3) is 0 Å². The number of benzene rings is 1. The van der Waals surface area contributed by atoms with E-state index in [1.54, 1.807) is 37.0 Å². The number of nitrogens with zero attached hydrogens (tertiary/aromatic N) is 4. The number of methoxy groups -OCH3 is 1. The molecular weight excluding hydrogens is 437 g/mol. The number of aromatic nitrogens is 4. The average Bonchev–Trinajstić information content (AvgIpc) is 3.32. The number of rotatable bonds is 10. The predicted octanol–water partition coefficient (Wildman–Crippen LogP) is 3.75. The first-order valence-corrected chi connectivity index (χ1v) is 11.1. The average molecular weight is 466 g/mol. The molecule has 0 bridgehead atoms. The molecule has 0 spiro atoms. The molecule has 4 rings (SSSR count). The number of aliphatic hydroxyl groups excluding tert-OH is 1. The molecule has 1 aromatic carbocycles. The first-order valence-electron chi connectivity index (χ1n) is 11.1. The molecule has 34 heavy (non-hydrogen) atoms. The number of halogens is 1. The minimum Gasteiger partial charge on any atom is -0.490 e. The van der Waals surface area contributed by atoms with Crippen LogP contribution in [0.25, 0.3) is 28.0 Å². The van der Waals surface area contributed by atoms with Gasteiger partial charge in [-0.05, 0) is 42.8 Å². The van der Waals surface area contributed by atoms with Gasteiger partial charge in [0.1, 0.15) is 18.5 Å². The van der Waals surface area contributed by atoms with Gasteiger partial charge in [-0.3, -0.25) is 4.98 Å². The summed E-state index contributed by atoms with van der Waals surface area (Å²) in [4.78, 5) is 9.12. The highest BCUT2D eigenvalue weighted by molar-refractivity contribution is 5.90. The van der Waals surface area contributed by atoms with E-state index in [2.05, 4.69) is 15.1 Å². The Morgan fingerprint density at radius 3 is 2.71 bits per heavy atom. The number of fused-ring (bicyclic) bond motifs is 1. The Morgan fingerprint density at radius 1 is 1.12 bits per heavy atom. The van der Waals surface area contributed by atoms with Gasteiger partial charge in [-0.25, -0.2) is 14.1 Å². The highest BCUT2D eigenvalue weighted by Gasteiger charge is 2.20. The molecule has 3 aromatic heterocycles. The zero-order valence-electron chi connectivity index (χ0n) is 19.2. The molecule has 0 saturated heterocycles. The van der Waals surface area contributed by atoms with E-state index in [0.717, 1.165) is 16.5 Å². The highest BCUT2D eigenvalue weighted by Crippen LogP contribution is 2.33. The van der Waals surface area contributed by atoms with Crippen molar-refractivity contribution in [1.82, 2.24) is 19.7 Å². The van der Waals surface area contributed by atoms with Crippen molar-refractivity contribution in [3.05, 3.63) is 66.1 Å². The van der Waals surface area contributed by atoms with Crippen LogP contribution in [0, 0.1) is 0 Å². The van der Waals surface area contributed by atoms with E-state index in [-0.39, 0.29) is 6.61 Å². The molecule has 4 aromatic rings. The van der Waals surface area contributed by atoms with Crippen molar-refractivity contribution in [2.75, 3.05) is 20.3 Å². The Kier molecular flexibility index (Phi) is 7.46. The Hall–Kier alpha value is -3.40. The summed E-state index contributed by atoms with van der Waals surface area (Å²) in [5.74, 6) is 1.18. The number of hydrogen-bond acceptors (Lipinski definition) is 7. The van der Waals surface area contributed by atoms with Crippen molar-refractivity contribution in [1.29, 1.82) is 0 Å². The second kappa shape index (κ2) is 10.7. The van der Waals surface area contributed by atoms with Gasteiger partial charge in [-0.15, -0.1) is 0 Å². The van der Waals surface area contributed by atoms with E-state index in [0.29, 0.717) is 48.3 Å². The zero-order valence-corrected chi connectivity index (χ0v) is 19.2. The molecule has 3 heterocycles. The van der Waals surface area contributed by atoms with Gasteiger partial charge >= 0.3 is 0 Å². The zero-order chi connectivity index (χ0) is 24.1. The first-order chi connectivity index (χ1) is 16.5. The molecule has 0 amide bonds. The monoisotopic (exact) mass is 465 g/mol. The third-order valence-corrected chi connectivity index (χ3v) is 5.55. The molecule has 0 fully saturated rings. The molecule has 3 N–H and O–H groups in total. The van der Waals surface area contributed by atoms with Crippen molar-refractivity contribution in [3.8, 4) is 22.8 Å². The summed E-state index contributed by atoms with van der Waals surface area (Å²) >= 11 is 0. The molecule has 0 saturated carbocycles. The van der Waals surface area contributed by atoms with Crippen LogP contribution in [0.4, 0.5) is 4.39 Å². The minimum atomic E-state index is -1.18. The fourth-order valence-electron chi connectivity index (χ4n) is 3.69. The molecule has 0 aliphatic heterocycles. The number of hydrogen-bond donors (Lipinski definition) is 2. The smallest absolute Gasteiger partial charge is 0.154 e. The van der Waals surface area contributed by atoms with Crippen LogP contribution < -0.4 is 10.5 Å². The predicted molar refractivity (Wildman–Crippen MR) is 128 cm³/mol. The van der Waals surface area contributed by atoms with E-state index in [1.807, 2.05) is 36.4 Å². The van der Waals surface area contributed by atoms with Crippen molar-refractivity contribution in [2.24, 2.45) is 5.73 Å². The van der Waals surface area contributed by atoms with Crippen LogP contribution in [-0.4, -0.2) is 51.4 Å². The lowest BCUT2D eigenvalue weighted by Crippen LogP contribution is -2.23. The number of aliphatic hydroxyl groups is 1. The summed E-state index contributed by atoms with van der Waals surface area (Å²) in [6.45, 7) is 2.37. The van der Waals surface area contributed by atoms with E-state index in [9.17, 15) is 9.50 Å². The molecule has 9 heteroatoms. The maximum atomic E-state index is 14.2. The fraction of sp³-hybridized carbons (Fsp3) is 0.320. The second-order valence-corrected chi connectivity index (χ2v) is 7.85. The maximum absolute atomic E-state index is 14.2. The van der Waals surface area contributed by atoms with Gasteiger partial charge in [0.2, 0.25) is 0 Å². The molecule has 178 valence electrons. The van der Waals surface area contributed by atoms with Gasteiger partial charge in [0.05, 0.1) is 53.4 Å². The Labute approximate surface area is 197 Å². The van der Waals surface area contributed by atoms with Gasteiger partial charge < -0.3 is 20.3 Å². The normalized spacial score (nSPS) is 13.2. The van der Waals surface area contributed by atoms with Crippen LogP contribution in [0.2, 0.25) is 0 Å². The van der Waals surface area contributed by atoms with Crippen LogP contribution in [-0.2, 0) is 11.3 Å². The summed E-state index contributed by atoms with van der Waals surface area (Å²) in [5, 5.41) is 14.8. The molecule has 0 aliphatic carbocycles. The summed E-state index contributed by atoms with van der Waals surface area (Å²) in [6.07, 6.45) is 0.850. The fourth-order valence-corrected chi connectivity index (χ4v) is 3.69. The Morgan fingerprint density at radius 2 is 1.94 bits per heavy atom. The number of nitrogens with two attached hydrogens (primary N) is 1. The van der Waals surface area contributed by atoms with Crippen LogP contribution in [0.15, 0.2) is 54.7 Å². The molecule has 0 unspecified atom stereocenters. The molecule has 2 atom stereocenters. The van der Waals surface area contributed by atoms with Crippen LogP contribution >= 0.6 is 0 Å². The minimum absolute atomic E-state index is 0.173. The lowest BCUT2D eigenvalue weighted by molar-refractivity contribution is 0.147. The van der Waals surface area contributed by atoms with E-state index in [1.165, 1.54) is 0 Å². The highest BCUT2D eigenvalue weighted by atomic mass is 19.1. The quantitative estimate of drug-likeness (QED) is 0.343. The second-order valence-electron chi connectivity index (χ2n) is 7.85. The van der Waals surface area contributed by atoms with Crippen LogP contribution in [0.1, 0.15) is 30.8 Å². The number of pyridine rings is 2. The van der Waals surface area contributed by atoms with Crippen LogP contribution in [0.5, 0.6) is 5.75 Å². The van der Waals surface area contributed by atoms with Gasteiger partial charge in [0, 0.05) is 12.7 Å². The summed E-state index contributed by atoms with van der Waals surface area (Å²) in [7, 11) is 1.61. The SMILES string of the molecule is CC[C@H](F)[C@H](N)c1cccc(-c2cc(OCCOC)c3cnn(-c4cccc(CO)n4)c3c2)n1. The molecule has 0 aliphatic rings. The Bertz CT molecular complexity index is 1260. The van der Waals surface area contributed by atoms with Gasteiger partial charge in [-0.2, -0.15) is 5.10 Å². The van der Waals surface area contributed by atoms with Crippen molar-refractivity contribution in [2.45, 2.75) is 32.2 Å². The standard InChI is InChI=1S/C25H28FN5O3/c1-3-19(26)25(27)21-8-5-7-20(30-21)16-12-22-18(23(13-16)34-11-10-33-2)14-28-31(22)24-9-4-6-17(15-32)29-24/h4-9,12-14,19,25,32H,3,10-11,15,27H2,1-2H3/t19-,25-/m0/s1. The number of ether oxygens (including phenoxy) is 2.